The summed E-state index contributed by atoms with van der Waals surface area (Å²) < 4.78 is 26.2. The van der Waals surface area contributed by atoms with Gasteiger partial charge >= 0.3 is 0 Å². The maximum Gasteiger partial charge on any atom is 0.248 e. The van der Waals surface area contributed by atoms with E-state index in [4.69, 9.17) is 5.73 Å². The van der Waals surface area contributed by atoms with Crippen molar-refractivity contribution in [2.24, 2.45) is 0 Å². The van der Waals surface area contributed by atoms with Gasteiger partial charge in [0.1, 0.15) is 11.6 Å². The Hall–Kier alpha value is -1.72. The third kappa shape index (κ3) is 2.02. The number of halogens is 2. The molecule has 1 fully saturated rings. The summed E-state index contributed by atoms with van der Waals surface area (Å²) in [7, 11) is 0. The molecule has 0 radical (unpaired) electrons. The summed E-state index contributed by atoms with van der Waals surface area (Å²) >= 11 is 0. The highest BCUT2D eigenvalue weighted by Crippen LogP contribution is 2.40. The predicted molar refractivity (Wildman–Crippen MR) is 64.5 cm³/mol. The summed E-state index contributed by atoms with van der Waals surface area (Å²) in [6, 6.07) is 3.50. The number of pyridine rings is 1. The van der Waals surface area contributed by atoms with Crippen LogP contribution in [0.3, 0.4) is 0 Å². The lowest BCUT2D eigenvalue weighted by molar-refractivity contribution is -0.0387. The number of nitrogens with two attached hydrogens (primary N) is 1. The summed E-state index contributed by atoms with van der Waals surface area (Å²) in [5, 5.41) is 0. The van der Waals surface area contributed by atoms with Crippen LogP contribution in [0.25, 0.3) is 11.2 Å². The number of aromatic nitrogens is 3. The van der Waals surface area contributed by atoms with Gasteiger partial charge in [0.15, 0.2) is 5.65 Å². The molecule has 0 aliphatic heterocycles. The second-order valence-electron chi connectivity index (χ2n) is 4.86. The molecule has 1 saturated carbocycles. The van der Waals surface area contributed by atoms with Crippen molar-refractivity contribution in [3.05, 3.63) is 18.0 Å². The molecule has 2 heterocycles. The molecule has 0 amide bonds. The highest BCUT2D eigenvalue weighted by molar-refractivity contribution is 5.72. The number of H-pyrrole nitrogens is 1. The first-order valence-corrected chi connectivity index (χ1v) is 6.03. The number of nitrogen functional groups attached to an aromatic ring is 1. The molecule has 0 saturated heterocycles. The number of alkyl halides is 2. The average Bonchev–Trinajstić information content (AvgIpc) is 2.71. The van der Waals surface area contributed by atoms with Gasteiger partial charge in [-0.2, -0.15) is 0 Å². The molecule has 0 bridgehead atoms. The van der Waals surface area contributed by atoms with Crippen LogP contribution in [0.2, 0.25) is 0 Å². The number of hydrogen-bond donors (Lipinski definition) is 2. The maximum absolute atomic E-state index is 13.1. The van der Waals surface area contributed by atoms with Gasteiger partial charge in [-0.15, -0.1) is 0 Å². The Bertz CT molecular complexity index is 568. The molecule has 1 aliphatic carbocycles. The van der Waals surface area contributed by atoms with Crippen molar-refractivity contribution in [3.63, 3.8) is 0 Å². The normalized spacial score (nSPS) is 20.3. The van der Waals surface area contributed by atoms with Gasteiger partial charge in [0.05, 0.1) is 5.52 Å². The Morgan fingerprint density at radius 2 is 1.94 bits per heavy atom. The molecular weight excluding hydrogens is 238 g/mol. The molecule has 1 aliphatic rings. The fourth-order valence-corrected chi connectivity index (χ4v) is 2.43. The lowest BCUT2D eigenvalue weighted by Gasteiger charge is -2.26. The number of nitrogens with zero attached hydrogens (tertiary/aromatic N) is 2. The number of hydrogen-bond acceptors (Lipinski definition) is 3. The lowest BCUT2D eigenvalue weighted by Crippen LogP contribution is -2.24. The Morgan fingerprint density at radius 3 is 2.67 bits per heavy atom. The molecule has 0 spiro atoms. The zero-order valence-electron chi connectivity index (χ0n) is 9.79. The Balaban J connectivity index is 1.87. The zero-order chi connectivity index (χ0) is 12.8. The van der Waals surface area contributed by atoms with E-state index in [1.807, 2.05) is 6.07 Å². The molecule has 3 rings (SSSR count). The second kappa shape index (κ2) is 3.90. The van der Waals surface area contributed by atoms with Crippen molar-refractivity contribution in [1.82, 2.24) is 15.0 Å². The minimum Gasteiger partial charge on any atom is -0.384 e. The Kier molecular flexibility index (Phi) is 2.46. The van der Waals surface area contributed by atoms with Gasteiger partial charge in [-0.25, -0.2) is 18.7 Å². The molecule has 0 atom stereocenters. The molecule has 2 aromatic heterocycles. The number of aromatic amines is 1. The van der Waals surface area contributed by atoms with Gasteiger partial charge in [0, 0.05) is 18.8 Å². The molecule has 96 valence electrons. The van der Waals surface area contributed by atoms with E-state index >= 15 is 0 Å². The third-order valence-electron chi connectivity index (χ3n) is 3.49. The van der Waals surface area contributed by atoms with Crippen molar-refractivity contribution >= 4 is 17.0 Å². The van der Waals surface area contributed by atoms with Gasteiger partial charge in [-0.1, -0.05) is 0 Å². The van der Waals surface area contributed by atoms with Crippen molar-refractivity contribution in [3.8, 4) is 0 Å². The number of fused-ring (bicyclic) bond motifs is 1. The first kappa shape index (κ1) is 11.4. The minimum absolute atomic E-state index is 0.0652. The standard InChI is InChI=1S/C12H14F2N4/c13-12(14)5-3-7(4-6-12)10-16-8-1-2-9(15)17-11(8)18-10/h1-2,7H,3-6H2,(H3,15,16,17,18). The summed E-state index contributed by atoms with van der Waals surface area (Å²) in [6.45, 7) is 0. The summed E-state index contributed by atoms with van der Waals surface area (Å²) in [5.74, 6) is -1.28. The van der Waals surface area contributed by atoms with Crippen molar-refractivity contribution in [1.29, 1.82) is 0 Å². The first-order chi connectivity index (χ1) is 8.53. The maximum atomic E-state index is 13.1. The van der Waals surface area contributed by atoms with Crippen LogP contribution in [0.1, 0.15) is 37.4 Å². The van der Waals surface area contributed by atoms with E-state index in [0.29, 0.717) is 24.3 Å². The molecule has 6 heteroatoms. The van der Waals surface area contributed by atoms with Gasteiger partial charge in [0.25, 0.3) is 0 Å². The van der Waals surface area contributed by atoms with Crippen LogP contribution in [-0.2, 0) is 0 Å². The van der Waals surface area contributed by atoms with Crippen LogP contribution in [0, 0.1) is 0 Å². The zero-order valence-corrected chi connectivity index (χ0v) is 9.79. The summed E-state index contributed by atoms with van der Waals surface area (Å²) in [6.07, 6.45) is 0.791. The highest BCUT2D eigenvalue weighted by Gasteiger charge is 2.36. The molecule has 2 aromatic rings. The Labute approximate surface area is 103 Å². The second-order valence-corrected chi connectivity index (χ2v) is 4.86. The summed E-state index contributed by atoms with van der Waals surface area (Å²) in [4.78, 5) is 11.6. The Morgan fingerprint density at radius 1 is 1.22 bits per heavy atom. The topological polar surface area (TPSA) is 67.6 Å². The molecule has 3 N–H and O–H groups in total. The van der Waals surface area contributed by atoms with Crippen LogP contribution < -0.4 is 5.73 Å². The largest absolute Gasteiger partial charge is 0.384 e. The average molecular weight is 252 g/mol. The van der Waals surface area contributed by atoms with E-state index < -0.39 is 5.92 Å². The fourth-order valence-electron chi connectivity index (χ4n) is 2.43. The van der Waals surface area contributed by atoms with E-state index in [0.717, 1.165) is 11.3 Å². The van der Waals surface area contributed by atoms with Gasteiger partial charge < -0.3 is 10.7 Å². The number of rotatable bonds is 1. The number of nitrogens with one attached hydrogen (secondary N) is 1. The van der Waals surface area contributed by atoms with Crippen LogP contribution in [0.5, 0.6) is 0 Å². The van der Waals surface area contributed by atoms with E-state index in [1.54, 1.807) is 6.07 Å². The number of anilines is 1. The van der Waals surface area contributed by atoms with Crippen LogP contribution in [0.4, 0.5) is 14.6 Å². The predicted octanol–water partition coefficient (Wildman–Crippen LogP) is 2.83. The molecule has 0 unspecified atom stereocenters. The molecular formula is C12H14F2N4. The smallest absolute Gasteiger partial charge is 0.248 e. The molecule has 18 heavy (non-hydrogen) atoms. The monoisotopic (exact) mass is 252 g/mol. The number of imidazole rings is 1. The van der Waals surface area contributed by atoms with Crippen molar-refractivity contribution in [2.45, 2.75) is 37.5 Å². The van der Waals surface area contributed by atoms with E-state index in [9.17, 15) is 8.78 Å². The van der Waals surface area contributed by atoms with E-state index in [2.05, 4.69) is 15.0 Å². The first-order valence-electron chi connectivity index (χ1n) is 6.03. The van der Waals surface area contributed by atoms with Crippen LogP contribution in [-0.4, -0.2) is 20.9 Å². The quantitative estimate of drug-likeness (QED) is 0.820. The van der Waals surface area contributed by atoms with Gasteiger partial charge in [-0.3, -0.25) is 0 Å². The van der Waals surface area contributed by atoms with E-state index in [1.165, 1.54) is 0 Å². The van der Waals surface area contributed by atoms with Crippen LogP contribution >= 0.6 is 0 Å². The van der Waals surface area contributed by atoms with Crippen molar-refractivity contribution < 1.29 is 8.78 Å². The molecule has 0 aromatic carbocycles. The lowest BCUT2D eigenvalue weighted by atomic mass is 9.86. The van der Waals surface area contributed by atoms with Gasteiger partial charge in [0.2, 0.25) is 5.92 Å². The minimum atomic E-state index is -2.51. The van der Waals surface area contributed by atoms with Crippen molar-refractivity contribution in [2.75, 3.05) is 5.73 Å². The summed E-state index contributed by atoms with van der Waals surface area (Å²) in [5.41, 5.74) is 6.94. The van der Waals surface area contributed by atoms with Gasteiger partial charge in [-0.05, 0) is 25.0 Å². The van der Waals surface area contributed by atoms with Crippen LogP contribution in [0.15, 0.2) is 12.1 Å². The SMILES string of the molecule is Nc1ccc2[nH]c(C3CCC(F)(F)CC3)nc2n1. The fraction of sp³-hybridized carbons (Fsp3) is 0.500. The highest BCUT2D eigenvalue weighted by atomic mass is 19.3. The van der Waals surface area contributed by atoms with E-state index in [-0.39, 0.29) is 18.8 Å². The molecule has 4 nitrogen and oxygen atoms in total. The third-order valence-corrected chi connectivity index (χ3v) is 3.49.